The van der Waals surface area contributed by atoms with Crippen LogP contribution in [0.2, 0.25) is 0 Å². The number of aryl methyl sites for hydroxylation is 1. The van der Waals surface area contributed by atoms with E-state index in [2.05, 4.69) is 0 Å². The lowest BCUT2D eigenvalue weighted by Crippen LogP contribution is -1.98. The van der Waals surface area contributed by atoms with Gasteiger partial charge in [-0.25, -0.2) is 8.78 Å². The summed E-state index contributed by atoms with van der Waals surface area (Å²) in [5.41, 5.74) is 2.68. The zero-order valence-corrected chi connectivity index (χ0v) is 10.7. The van der Waals surface area contributed by atoms with Crippen LogP contribution >= 0.6 is 11.6 Å². The number of rotatable bonds is 3. The number of halogens is 3. The van der Waals surface area contributed by atoms with E-state index in [1.54, 1.807) is 0 Å². The van der Waals surface area contributed by atoms with Gasteiger partial charge in [0.25, 0.3) is 0 Å². The molecule has 2 rings (SSSR count). The van der Waals surface area contributed by atoms with Crippen molar-refractivity contribution in [3.05, 3.63) is 70.8 Å². The molecule has 0 aliphatic heterocycles. The molecule has 0 saturated carbocycles. The fourth-order valence-corrected chi connectivity index (χ4v) is 2.11. The van der Waals surface area contributed by atoms with Gasteiger partial charge in [0.05, 0.1) is 5.38 Å². The summed E-state index contributed by atoms with van der Waals surface area (Å²) in [5.74, 6) is -1.20. The van der Waals surface area contributed by atoms with Crippen LogP contribution in [-0.4, -0.2) is 0 Å². The number of alkyl halides is 1. The first-order chi connectivity index (χ1) is 8.54. The van der Waals surface area contributed by atoms with Crippen LogP contribution in [0.3, 0.4) is 0 Å². The number of hydrogen-bond donors (Lipinski definition) is 0. The van der Waals surface area contributed by atoms with E-state index in [1.807, 2.05) is 31.2 Å². The van der Waals surface area contributed by atoms with Crippen LogP contribution < -0.4 is 0 Å². The van der Waals surface area contributed by atoms with Gasteiger partial charge in [-0.1, -0.05) is 29.8 Å². The Balaban J connectivity index is 2.16. The third-order valence-corrected chi connectivity index (χ3v) is 3.19. The average Bonchev–Trinajstić information content (AvgIpc) is 2.31. The van der Waals surface area contributed by atoms with Crippen molar-refractivity contribution in [3.8, 4) is 0 Å². The summed E-state index contributed by atoms with van der Waals surface area (Å²) in [6.07, 6.45) is 0.546. The van der Waals surface area contributed by atoms with Crippen molar-refractivity contribution in [2.24, 2.45) is 0 Å². The SMILES string of the molecule is Cc1ccc(CC(Cl)c2cc(F)cc(F)c2)cc1. The normalized spacial score (nSPS) is 12.4. The topological polar surface area (TPSA) is 0 Å². The summed E-state index contributed by atoms with van der Waals surface area (Å²) in [6.45, 7) is 2.00. The molecule has 0 N–H and O–H groups in total. The maximum atomic E-state index is 13.1. The van der Waals surface area contributed by atoms with Crippen molar-refractivity contribution in [1.82, 2.24) is 0 Å². The number of benzene rings is 2. The summed E-state index contributed by atoms with van der Waals surface area (Å²) in [4.78, 5) is 0. The van der Waals surface area contributed by atoms with Crippen molar-refractivity contribution in [3.63, 3.8) is 0 Å². The molecule has 2 aromatic carbocycles. The molecule has 0 fully saturated rings. The molecule has 0 spiro atoms. The van der Waals surface area contributed by atoms with Crippen LogP contribution in [0.25, 0.3) is 0 Å². The van der Waals surface area contributed by atoms with E-state index in [4.69, 9.17) is 11.6 Å². The van der Waals surface area contributed by atoms with E-state index in [1.165, 1.54) is 17.7 Å². The van der Waals surface area contributed by atoms with Crippen LogP contribution in [0, 0.1) is 18.6 Å². The Morgan fingerprint density at radius 1 is 1.00 bits per heavy atom. The smallest absolute Gasteiger partial charge is 0.126 e. The first-order valence-corrected chi connectivity index (χ1v) is 6.14. The molecule has 0 radical (unpaired) electrons. The highest BCUT2D eigenvalue weighted by molar-refractivity contribution is 6.20. The van der Waals surface area contributed by atoms with Crippen molar-refractivity contribution in [2.75, 3.05) is 0 Å². The quantitative estimate of drug-likeness (QED) is 0.701. The lowest BCUT2D eigenvalue weighted by molar-refractivity contribution is 0.579. The van der Waals surface area contributed by atoms with Gasteiger partial charge in [0.1, 0.15) is 11.6 Å². The Morgan fingerprint density at radius 3 is 2.11 bits per heavy atom. The summed E-state index contributed by atoms with van der Waals surface area (Å²) >= 11 is 6.19. The summed E-state index contributed by atoms with van der Waals surface area (Å²) in [6, 6.07) is 11.3. The van der Waals surface area contributed by atoms with Gasteiger partial charge in [0, 0.05) is 6.07 Å². The van der Waals surface area contributed by atoms with Crippen LogP contribution in [0.5, 0.6) is 0 Å². The molecule has 94 valence electrons. The largest absolute Gasteiger partial charge is 0.207 e. The van der Waals surface area contributed by atoms with Gasteiger partial charge in [-0.2, -0.15) is 0 Å². The molecule has 2 aromatic rings. The Morgan fingerprint density at radius 2 is 1.56 bits per heavy atom. The van der Waals surface area contributed by atoms with E-state index in [0.717, 1.165) is 11.6 Å². The van der Waals surface area contributed by atoms with E-state index in [-0.39, 0.29) is 0 Å². The molecule has 0 heterocycles. The Hall–Kier alpha value is -1.41. The second-order valence-electron chi connectivity index (χ2n) is 4.36. The van der Waals surface area contributed by atoms with Crippen molar-refractivity contribution in [1.29, 1.82) is 0 Å². The molecule has 1 atom stereocenters. The van der Waals surface area contributed by atoms with Gasteiger partial charge in [-0.15, -0.1) is 11.6 Å². The van der Waals surface area contributed by atoms with E-state index >= 15 is 0 Å². The zero-order chi connectivity index (χ0) is 13.1. The van der Waals surface area contributed by atoms with Gasteiger partial charge < -0.3 is 0 Å². The van der Waals surface area contributed by atoms with Crippen molar-refractivity contribution >= 4 is 11.6 Å². The third kappa shape index (κ3) is 3.30. The summed E-state index contributed by atoms with van der Waals surface area (Å²) in [7, 11) is 0. The lowest BCUT2D eigenvalue weighted by Gasteiger charge is -2.10. The van der Waals surface area contributed by atoms with Gasteiger partial charge in [-0.3, -0.25) is 0 Å². The molecule has 3 heteroatoms. The van der Waals surface area contributed by atoms with Crippen LogP contribution in [-0.2, 0) is 6.42 Å². The Labute approximate surface area is 110 Å². The molecule has 0 amide bonds. The van der Waals surface area contributed by atoms with Gasteiger partial charge >= 0.3 is 0 Å². The first kappa shape index (κ1) is 13.0. The maximum Gasteiger partial charge on any atom is 0.126 e. The maximum absolute atomic E-state index is 13.1. The fraction of sp³-hybridized carbons (Fsp3) is 0.200. The second kappa shape index (κ2) is 5.49. The minimum absolute atomic E-state index is 0.432. The van der Waals surface area contributed by atoms with E-state index in [9.17, 15) is 8.78 Å². The van der Waals surface area contributed by atoms with E-state index in [0.29, 0.717) is 12.0 Å². The average molecular weight is 267 g/mol. The highest BCUT2D eigenvalue weighted by Crippen LogP contribution is 2.26. The predicted molar refractivity (Wildman–Crippen MR) is 69.8 cm³/mol. The predicted octanol–water partition coefficient (Wildman–Crippen LogP) is 4.80. The Kier molecular flexibility index (Phi) is 3.97. The monoisotopic (exact) mass is 266 g/mol. The minimum Gasteiger partial charge on any atom is -0.207 e. The molecular weight excluding hydrogens is 254 g/mol. The van der Waals surface area contributed by atoms with Gasteiger partial charge in [-0.05, 0) is 36.6 Å². The number of hydrogen-bond acceptors (Lipinski definition) is 0. The molecule has 0 aromatic heterocycles. The summed E-state index contributed by atoms with van der Waals surface area (Å²) in [5, 5.41) is -0.432. The fourth-order valence-electron chi connectivity index (χ4n) is 1.80. The van der Waals surface area contributed by atoms with Crippen LogP contribution in [0.4, 0.5) is 8.78 Å². The molecule has 0 aliphatic rings. The molecule has 0 bridgehead atoms. The summed E-state index contributed by atoms with van der Waals surface area (Å²) < 4.78 is 26.2. The molecule has 1 unspecified atom stereocenters. The van der Waals surface area contributed by atoms with Gasteiger partial charge in [0.2, 0.25) is 0 Å². The van der Waals surface area contributed by atoms with Gasteiger partial charge in [0.15, 0.2) is 0 Å². The molecule has 0 saturated heterocycles. The third-order valence-electron chi connectivity index (χ3n) is 2.78. The minimum atomic E-state index is -0.598. The molecule has 0 aliphatic carbocycles. The standard InChI is InChI=1S/C15H13ClF2/c1-10-2-4-11(5-3-10)6-15(16)12-7-13(17)9-14(18)8-12/h2-5,7-9,15H,6H2,1H3. The molecular formula is C15H13ClF2. The highest BCUT2D eigenvalue weighted by Gasteiger charge is 2.11. The second-order valence-corrected chi connectivity index (χ2v) is 4.89. The highest BCUT2D eigenvalue weighted by atomic mass is 35.5. The van der Waals surface area contributed by atoms with Crippen molar-refractivity contribution < 1.29 is 8.78 Å². The Bertz CT molecular complexity index is 514. The molecule has 0 nitrogen and oxygen atoms in total. The van der Waals surface area contributed by atoms with Crippen LogP contribution in [0.15, 0.2) is 42.5 Å². The lowest BCUT2D eigenvalue weighted by atomic mass is 10.0. The molecule has 18 heavy (non-hydrogen) atoms. The zero-order valence-electron chi connectivity index (χ0n) is 9.96. The van der Waals surface area contributed by atoms with E-state index < -0.39 is 17.0 Å². The van der Waals surface area contributed by atoms with Crippen molar-refractivity contribution in [2.45, 2.75) is 18.7 Å². The van der Waals surface area contributed by atoms with Crippen LogP contribution in [0.1, 0.15) is 22.1 Å². The first-order valence-electron chi connectivity index (χ1n) is 5.70.